The van der Waals surface area contributed by atoms with E-state index in [1.165, 1.54) is 0 Å². The minimum atomic E-state index is -3.60. The molecule has 1 fully saturated rings. The molecule has 1 saturated heterocycles. The van der Waals surface area contributed by atoms with Gasteiger partial charge in [0, 0.05) is 32.9 Å². The Hall–Kier alpha value is -0.960. The molecule has 8 heteroatoms. The lowest BCUT2D eigenvalue weighted by molar-refractivity contribution is 0.103. The predicted molar refractivity (Wildman–Crippen MR) is 70.4 cm³/mol. The van der Waals surface area contributed by atoms with Gasteiger partial charge in [0.15, 0.2) is 5.03 Å². The monoisotopic (exact) mass is 288 g/mol. The summed E-state index contributed by atoms with van der Waals surface area (Å²) >= 11 is 0. The summed E-state index contributed by atoms with van der Waals surface area (Å²) in [5, 5.41) is 3.16. The molecule has 7 nitrogen and oxygen atoms in total. The molecule has 1 aliphatic heterocycles. The van der Waals surface area contributed by atoms with Gasteiger partial charge >= 0.3 is 0 Å². The number of nitrogens with one attached hydrogen (secondary N) is 2. The fourth-order valence-electron chi connectivity index (χ4n) is 2.21. The number of rotatable bonds is 5. The van der Waals surface area contributed by atoms with Gasteiger partial charge in [-0.1, -0.05) is 0 Å². The molecule has 1 aromatic rings. The summed E-state index contributed by atoms with van der Waals surface area (Å²) in [7, 11) is -2.02. The minimum Gasteiger partial charge on any atom is -0.378 e. The van der Waals surface area contributed by atoms with Gasteiger partial charge in [-0.05, 0) is 13.8 Å². The highest BCUT2D eigenvalue weighted by molar-refractivity contribution is 7.89. The number of hydrogen-bond donors (Lipinski definition) is 2. The highest BCUT2D eigenvalue weighted by Crippen LogP contribution is 2.12. The van der Waals surface area contributed by atoms with Crippen LogP contribution in [0.1, 0.15) is 12.7 Å². The fraction of sp³-hybridized carbons (Fsp3) is 0.727. The maximum atomic E-state index is 12.3. The van der Waals surface area contributed by atoms with Gasteiger partial charge in [0.1, 0.15) is 5.82 Å². The molecule has 2 N–H and O–H groups in total. The first-order chi connectivity index (χ1) is 8.97. The van der Waals surface area contributed by atoms with Gasteiger partial charge in [-0.3, -0.25) is 0 Å². The van der Waals surface area contributed by atoms with Crippen molar-refractivity contribution in [1.29, 1.82) is 0 Å². The number of aryl methyl sites for hydroxylation is 2. The van der Waals surface area contributed by atoms with Crippen molar-refractivity contribution in [2.24, 2.45) is 0 Å². The van der Waals surface area contributed by atoms with Crippen LogP contribution in [-0.4, -0.2) is 50.3 Å². The van der Waals surface area contributed by atoms with E-state index in [1.807, 2.05) is 6.92 Å². The van der Waals surface area contributed by atoms with Crippen LogP contribution in [-0.2, 0) is 21.3 Å². The number of methoxy groups -OCH3 is 1. The zero-order valence-corrected chi connectivity index (χ0v) is 12.2. The van der Waals surface area contributed by atoms with Crippen LogP contribution in [0.3, 0.4) is 0 Å². The number of nitrogens with zero attached hydrogens (tertiary/aromatic N) is 2. The van der Waals surface area contributed by atoms with Crippen molar-refractivity contribution in [2.75, 3.05) is 20.2 Å². The predicted octanol–water partition coefficient (Wildman–Crippen LogP) is -0.523. The van der Waals surface area contributed by atoms with Gasteiger partial charge in [0.2, 0.25) is 0 Å². The van der Waals surface area contributed by atoms with E-state index in [0.717, 1.165) is 0 Å². The first-order valence-electron chi connectivity index (χ1n) is 6.27. The van der Waals surface area contributed by atoms with E-state index in [1.54, 1.807) is 24.8 Å². The lowest BCUT2D eigenvalue weighted by Gasteiger charge is -2.17. The molecule has 0 bridgehead atoms. The highest BCUT2D eigenvalue weighted by Gasteiger charge is 2.32. The van der Waals surface area contributed by atoms with Gasteiger partial charge in [-0.15, -0.1) is 0 Å². The Balaban J connectivity index is 2.17. The lowest BCUT2D eigenvalue weighted by atomic mass is 10.2. The third-order valence-corrected chi connectivity index (χ3v) is 4.70. The Kier molecular flexibility index (Phi) is 4.24. The molecule has 2 rings (SSSR count). The number of imidazole rings is 1. The van der Waals surface area contributed by atoms with Crippen LogP contribution < -0.4 is 10.0 Å². The molecular weight excluding hydrogens is 268 g/mol. The van der Waals surface area contributed by atoms with E-state index >= 15 is 0 Å². The molecule has 0 saturated carbocycles. The van der Waals surface area contributed by atoms with Crippen molar-refractivity contribution in [3.05, 3.63) is 12.0 Å². The van der Waals surface area contributed by atoms with Gasteiger partial charge in [0.05, 0.1) is 12.1 Å². The minimum absolute atomic E-state index is 0.0635. The largest absolute Gasteiger partial charge is 0.378 e. The van der Waals surface area contributed by atoms with E-state index < -0.39 is 10.0 Å². The Morgan fingerprint density at radius 3 is 2.89 bits per heavy atom. The van der Waals surface area contributed by atoms with E-state index in [9.17, 15) is 8.42 Å². The first kappa shape index (κ1) is 14.4. The summed E-state index contributed by atoms with van der Waals surface area (Å²) in [6.45, 7) is 5.63. The molecule has 0 aliphatic carbocycles. The summed E-state index contributed by atoms with van der Waals surface area (Å²) in [6, 6.07) is -0.262. The van der Waals surface area contributed by atoms with E-state index in [4.69, 9.17) is 4.74 Å². The number of hydrogen-bond acceptors (Lipinski definition) is 5. The zero-order valence-electron chi connectivity index (χ0n) is 11.4. The van der Waals surface area contributed by atoms with E-state index in [-0.39, 0.29) is 17.2 Å². The van der Waals surface area contributed by atoms with Crippen LogP contribution in [0.15, 0.2) is 11.2 Å². The van der Waals surface area contributed by atoms with E-state index in [0.29, 0.717) is 25.5 Å². The van der Waals surface area contributed by atoms with Crippen LogP contribution in [0.25, 0.3) is 0 Å². The van der Waals surface area contributed by atoms with Crippen LogP contribution in [0.5, 0.6) is 0 Å². The molecule has 0 aromatic carbocycles. The molecule has 2 heterocycles. The summed E-state index contributed by atoms with van der Waals surface area (Å²) in [5.41, 5.74) is 0. The second kappa shape index (κ2) is 5.58. The second-order valence-corrected chi connectivity index (χ2v) is 6.23. The van der Waals surface area contributed by atoms with Gasteiger partial charge in [0.25, 0.3) is 10.0 Å². The molecule has 19 heavy (non-hydrogen) atoms. The summed E-state index contributed by atoms with van der Waals surface area (Å²) in [5.74, 6) is 0.690. The maximum absolute atomic E-state index is 12.3. The Morgan fingerprint density at radius 2 is 2.32 bits per heavy atom. The Labute approximate surface area is 113 Å². The standard InChI is InChI=1S/C11H20N4O3S/c1-4-15-7-11(13-8(15)2)19(16,17)14-9-5-12-6-10(9)18-3/h7,9-10,12,14H,4-6H2,1-3H3/t9?,10-/m0/s1. The average molecular weight is 288 g/mol. The molecule has 0 radical (unpaired) electrons. The van der Waals surface area contributed by atoms with Crippen molar-refractivity contribution in [2.45, 2.75) is 37.6 Å². The van der Waals surface area contributed by atoms with Crippen molar-refractivity contribution in [1.82, 2.24) is 19.6 Å². The SMILES string of the molecule is CCn1cc(S(=O)(=O)NC2CNC[C@@H]2OC)nc1C. The molecule has 1 aromatic heterocycles. The van der Waals surface area contributed by atoms with Crippen LogP contribution in [0.4, 0.5) is 0 Å². The number of sulfonamides is 1. The summed E-state index contributed by atoms with van der Waals surface area (Å²) < 4.78 is 34.2. The van der Waals surface area contributed by atoms with Crippen molar-refractivity contribution in [3.63, 3.8) is 0 Å². The van der Waals surface area contributed by atoms with E-state index in [2.05, 4.69) is 15.0 Å². The second-order valence-electron chi connectivity index (χ2n) is 4.57. The topological polar surface area (TPSA) is 85.2 Å². The fourth-order valence-corrected chi connectivity index (χ4v) is 3.48. The third-order valence-electron chi connectivity index (χ3n) is 3.34. The summed E-state index contributed by atoms with van der Waals surface area (Å²) in [6.07, 6.45) is 1.41. The highest BCUT2D eigenvalue weighted by atomic mass is 32.2. The zero-order chi connectivity index (χ0) is 14.0. The first-order valence-corrected chi connectivity index (χ1v) is 7.76. The molecule has 1 aliphatic rings. The number of ether oxygens (including phenoxy) is 1. The summed E-state index contributed by atoms with van der Waals surface area (Å²) in [4.78, 5) is 4.10. The van der Waals surface area contributed by atoms with Crippen LogP contribution >= 0.6 is 0 Å². The normalized spacial score (nSPS) is 23.9. The molecule has 108 valence electrons. The van der Waals surface area contributed by atoms with Crippen molar-refractivity contribution < 1.29 is 13.2 Å². The quantitative estimate of drug-likeness (QED) is 0.761. The van der Waals surface area contributed by atoms with Crippen molar-refractivity contribution >= 4 is 10.0 Å². The molecule has 0 amide bonds. The van der Waals surface area contributed by atoms with Gasteiger partial charge < -0.3 is 14.6 Å². The average Bonchev–Trinajstić information content (AvgIpc) is 2.95. The smallest absolute Gasteiger partial charge is 0.259 e. The molecular formula is C11H20N4O3S. The van der Waals surface area contributed by atoms with Crippen LogP contribution in [0, 0.1) is 6.92 Å². The van der Waals surface area contributed by atoms with Crippen molar-refractivity contribution in [3.8, 4) is 0 Å². The lowest BCUT2D eigenvalue weighted by Crippen LogP contribution is -2.43. The Bertz CT molecular complexity index is 540. The molecule has 1 unspecified atom stereocenters. The molecule has 2 atom stereocenters. The third kappa shape index (κ3) is 2.97. The maximum Gasteiger partial charge on any atom is 0.259 e. The molecule has 0 spiro atoms. The Morgan fingerprint density at radius 1 is 1.58 bits per heavy atom. The number of aromatic nitrogens is 2. The van der Waals surface area contributed by atoms with Gasteiger partial charge in [-0.2, -0.15) is 0 Å². The van der Waals surface area contributed by atoms with Gasteiger partial charge in [-0.25, -0.2) is 18.1 Å². The van der Waals surface area contributed by atoms with Crippen LogP contribution in [0.2, 0.25) is 0 Å².